The third-order valence-corrected chi connectivity index (χ3v) is 5.27. The Morgan fingerprint density at radius 1 is 1.14 bits per heavy atom. The summed E-state index contributed by atoms with van der Waals surface area (Å²) in [5.74, 6) is -0.565. The van der Waals surface area contributed by atoms with Crippen LogP contribution in [0.3, 0.4) is 0 Å². The molecule has 148 valence electrons. The quantitative estimate of drug-likeness (QED) is 0.619. The van der Waals surface area contributed by atoms with E-state index in [-0.39, 0.29) is 18.5 Å². The van der Waals surface area contributed by atoms with Crippen molar-refractivity contribution in [1.82, 2.24) is 10.3 Å². The van der Waals surface area contributed by atoms with Gasteiger partial charge in [0.15, 0.2) is 5.58 Å². The van der Waals surface area contributed by atoms with Gasteiger partial charge in [-0.2, -0.15) is 13.2 Å². The molecule has 28 heavy (non-hydrogen) atoms. The molecule has 1 aromatic heterocycles. The number of fused-ring (bicyclic) bond motifs is 1. The van der Waals surface area contributed by atoms with Gasteiger partial charge in [-0.3, -0.25) is 4.98 Å². The number of halogens is 3. The van der Waals surface area contributed by atoms with Crippen LogP contribution in [0.2, 0.25) is 0 Å². The van der Waals surface area contributed by atoms with Crippen LogP contribution in [0.15, 0.2) is 51.7 Å². The molecule has 2 aromatic carbocycles. The van der Waals surface area contributed by atoms with Gasteiger partial charge in [-0.15, -0.1) is 0 Å². The van der Waals surface area contributed by atoms with E-state index in [4.69, 9.17) is 4.42 Å². The van der Waals surface area contributed by atoms with E-state index in [1.54, 1.807) is 12.1 Å². The van der Waals surface area contributed by atoms with Crippen LogP contribution in [0.25, 0.3) is 11.1 Å². The number of aromatic nitrogens is 1. The molecule has 1 saturated heterocycles. The van der Waals surface area contributed by atoms with Gasteiger partial charge in [0.1, 0.15) is 0 Å². The van der Waals surface area contributed by atoms with Crippen LogP contribution in [0.5, 0.6) is 0 Å². The number of H-pyrrole nitrogens is 1. The molecule has 3 N–H and O–H groups in total. The molecular weight excluding hydrogens is 373 g/mol. The van der Waals surface area contributed by atoms with Gasteiger partial charge in [0.2, 0.25) is 0 Å². The van der Waals surface area contributed by atoms with E-state index in [9.17, 15) is 23.1 Å². The van der Waals surface area contributed by atoms with Gasteiger partial charge in [-0.25, -0.2) is 4.79 Å². The van der Waals surface area contributed by atoms with Crippen molar-refractivity contribution < 1.29 is 22.7 Å². The van der Waals surface area contributed by atoms with Crippen molar-refractivity contribution in [2.24, 2.45) is 0 Å². The number of nitrogens with one attached hydrogen (secondary N) is 2. The fourth-order valence-electron chi connectivity index (χ4n) is 4.06. The number of hydrogen-bond acceptors (Lipinski definition) is 4. The molecule has 3 atom stereocenters. The summed E-state index contributed by atoms with van der Waals surface area (Å²) in [6, 6.07) is 9.50. The van der Waals surface area contributed by atoms with E-state index in [0.29, 0.717) is 28.6 Å². The Balaban J connectivity index is 1.70. The van der Waals surface area contributed by atoms with Crippen molar-refractivity contribution in [3.05, 3.63) is 69.7 Å². The fraction of sp³-hybridized carbons (Fsp3) is 0.350. The molecule has 1 aliphatic rings. The maximum absolute atomic E-state index is 12.8. The van der Waals surface area contributed by atoms with Crippen LogP contribution >= 0.6 is 0 Å². The highest BCUT2D eigenvalue weighted by molar-refractivity contribution is 5.76. The first kappa shape index (κ1) is 18.8. The predicted octanol–water partition coefficient (Wildman–Crippen LogP) is 3.84. The van der Waals surface area contributed by atoms with Crippen molar-refractivity contribution in [2.45, 2.75) is 43.6 Å². The fourth-order valence-corrected chi connectivity index (χ4v) is 4.06. The van der Waals surface area contributed by atoms with Crippen molar-refractivity contribution in [1.29, 1.82) is 0 Å². The molecule has 0 saturated carbocycles. The second-order valence-electron chi connectivity index (χ2n) is 7.37. The van der Waals surface area contributed by atoms with Crippen molar-refractivity contribution >= 4 is 11.1 Å². The van der Waals surface area contributed by atoms with Gasteiger partial charge in [0, 0.05) is 17.6 Å². The van der Waals surface area contributed by atoms with Crippen LogP contribution in [0, 0.1) is 0 Å². The number of aromatic amines is 1. The Labute approximate surface area is 158 Å². The molecule has 8 heteroatoms. The van der Waals surface area contributed by atoms with Crippen molar-refractivity contribution in [3.63, 3.8) is 0 Å². The lowest BCUT2D eigenvalue weighted by molar-refractivity contribution is -0.137. The molecule has 2 heterocycles. The number of oxazole rings is 1. The van der Waals surface area contributed by atoms with Crippen LogP contribution < -0.4 is 11.1 Å². The van der Waals surface area contributed by atoms with Crippen molar-refractivity contribution in [2.75, 3.05) is 0 Å². The first-order valence-corrected chi connectivity index (χ1v) is 8.94. The molecule has 3 aromatic rings. The highest BCUT2D eigenvalue weighted by Crippen LogP contribution is 2.42. The molecule has 1 unspecified atom stereocenters. The lowest BCUT2D eigenvalue weighted by Gasteiger charge is -2.41. The zero-order valence-corrected chi connectivity index (χ0v) is 15.0. The summed E-state index contributed by atoms with van der Waals surface area (Å²) in [4.78, 5) is 14.2. The van der Waals surface area contributed by atoms with E-state index >= 15 is 0 Å². The molecule has 1 aliphatic heterocycles. The third-order valence-electron chi connectivity index (χ3n) is 5.27. The van der Waals surface area contributed by atoms with E-state index in [0.717, 1.165) is 12.1 Å². The number of benzene rings is 2. The standard InChI is InChI=1S/C20H19F3N2O3/c1-11-9-19(27,12-5-7-13(8-6-12)20(21,22)23)10-16(24-11)14-3-2-4-15-17(14)28-18(26)25-15/h2-8,11,16,24,27H,9-10H2,1H3,(H,25,26)/t11-,16-,19?/m0/s1. The summed E-state index contributed by atoms with van der Waals surface area (Å²) in [6.45, 7) is 1.90. The highest BCUT2D eigenvalue weighted by atomic mass is 19.4. The monoisotopic (exact) mass is 392 g/mol. The zero-order valence-electron chi connectivity index (χ0n) is 15.0. The summed E-state index contributed by atoms with van der Waals surface area (Å²) < 4.78 is 43.8. The summed E-state index contributed by atoms with van der Waals surface area (Å²) in [5, 5.41) is 14.7. The first-order valence-electron chi connectivity index (χ1n) is 8.94. The minimum absolute atomic E-state index is 0.105. The summed E-state index contributed by atoms with van der Waals surface area (Å²) in [7, 11) is 0. The molecule has 0 bridgehead atoms. The molecule has 1 fully saturated rings. The Kier molecular flexibility index (Phi) is 4.35. The topological polar surface area (TPSA) is 78.3 Å². The average molecular weight is 392 g/mol. The van der Waals surface area contributed by atoms with Gasteiger partial charge in [-0.05, 0) is 43.5 Å². The van der Waals surface area contributed by atoms with Gasteiger partial charge < -0.3 is 14.8 Å². The minimum atomic E-state index is -4.42. The average Bonchev–Trinajstić information content (AvgIpc) is 3.00. The number of para-hydroxylation sites is 1. The lowest BCUT2D eigenvalue weighted by atomic mass is 9.77. The van der Waals surface area contributed by atoms with Gasteiger partial charge in [0.05, 0.1) is 16.7 Å². The molecular formula is C20H19F3N2O3. The zero-order chi connectivity index (χ0) is 20.1. The molecule has 4 rings (SSSR count). The van der Waals surface area contributed by atoms with Gasteiger partial charge >= 0.3 is 11.9 Å². The molecule has 0 amide bonds. The largest absolute Gasteiger partial charge is 0.417 e. The van der Waals surface area contributed by atoms with Crippen LogP contribution in [-0.4, -0.2) is 16.1 Å². The molecule has 5 nitrogen and oxygen atoms in total. The number of rotatable bonds is 2. The number of piperidine rings is 1. The summed E-state index contributed by atoms with van der Waals surface area (Å²) in [5.41, 5.74) is 0.0547. The van der Waals surface area contributed by atoms with Crippen LogP contribution in [0.4, 0.5) is 13.2 Å². The second kappa shape index (κ2) is 6.49. The first-order chi connectivity index (χ1) is 13.2. The molecule has 0 aliphatic carbocycles. The predicted molar refractivity (Wildman–Crippen MR) is 96.7 cm³/mol. The SMILES string of the molecule is C[C@H]1CC(O)(c2ccc(C(F)(F)F)cc2)C[C@@H](c2cccc3[nH]c(=O)oc23)N1. The number of hydrogen-bond donors (Lipinski definition) is 3. The normalized spacial score (nSPS) is 25.9. The van der Waals surface area contributed by atoms with E-state index < -0.39 is 23.1 Å². The van der Waals surface area contributed by atoms with Crippen LogP contribution in [0.1, 0.15) is 42.5 Å². The van der Waals surface area contributed by atoms with Gasteiger partial charge in [-0.1, -0.05) is 24.3 Å². The lowest BCUT2D eigenvalue weighted by Crippen LogP contribution is -2.46. The van der Waals surface area contributed by atoms with Crippen molar-refractivity contribution in [3.8, 4) is 0 Å². The minimum Gasteiger partial charge on any atom is -0.408 e. The maximum Gasteiger partial charge on any atom is 0.417 e. The molecule has 0 radical (unpaired) electrons. The molecule has 0 spiro atoms. The number of aliphatic hydroxyl groups is 1. The Morgan fingerprint density at radius 3 is 2.54 bits per heavy atom. The second-order valence-corrected chi connectivity index (χ2v) is 7.37. The summed E-state index contributed by atoms with van der Waals surface area (Å²) >= 11 is 0. The number of alkyl halides is 3. The smallest absolute Gasteiger partial charge is 0.408 e. The Morgan fingerprint density at radius 2 is 1.86 bits per heavy atom. The summed E-state index contributed by atoms with van der Waals surface area (Å²) in [6.07, 6.45) is -3.84. The van der Waals surface area contributed by atoms with E-state index in [1.807, 2.05) is 13.0 Å². The highest BCUT2D eigenvalue weighted by Gasteiger charge is 2.40. The van der Waals surface area contributed by atoms with Crippen LogP contribution in [-0.2, 0) is 11.8 Å². The third kappa shape index (κ3) is 3.33. The van der Waals surface area contributed by atoms with E-state index in [2.05, 4.69) is 10.3 Å². The van der Waals surface area contributed by atoms with Gasteiger partial charge in [0.25, 0.3) is 0 Å². The Bertz CT molecular complexity index is 1050. The Hall–Kier alpha value is -2.58. The van der Waals surface area contributed by atoms with E-state index in [1.165, 1.54) is 12.1 Å². The maximum atomic E-state index is 12.8.